The summed E-state index contributed by atoms with van der Waals surface area (Å²) < 4.78 is 5.99. The fourth-order valence-electron chi connectivity index (χ4n) is 1.42. The Hall–Kier alpha value is -0.313. The second-order valence-electron chi connectivity index (χ2n) is 4.22. The zero-order chi connectivity index (χ0) is 11.3. The molecule has 0 spiro atoms. The minimum Gasteiger partial charge on any atom is -0.413 e. The minimum absolute atomic E-state index is 0.798. The van der Waals surface area contributed by atoms with E-state index in [1.54, 1.807) is 0 Å². The van der Waals surface area contributed by atoms with Gasteiger partial charge in [0.25, 0.3) is 0 Å². The number of unbranched alkanes of at least 4 members (excludes halogenated alkanes) is 1. The van der Waals surface area contributed by atoms with Crippen LogP contribution in [0.1, 0.15) is 19.8 Å². The zero-order valence-corrected chi connectivity index (χ0v) is 11.5. The molecular weight excluding hydrogens is 224 g/mol. The summed E-state index contributed by atoms with van der Waals surface area (Å²) in [5.41, 5.74) is 0. The van der Waals surface area contributed by atoms with Crippen LogP contribution in [0.4, 0.5) is 0 Å². The van der Waals surface area contributed by atoms with Crippen molar-refractivity contribution in [1.82, 2.24) is 0 Å². The molecule has 0 saturated carbocycles. The smallest absolute Gasteiger partial charge is 0.218 e. The van der Waals surface area contributed by atoms with Crippen LogP contribution in [0.5, 0.6) is 0 Å². The largest absolute Gasteiger partial charge is 0.413 e. The summed E-state index contributed by atoms with van der Waals surface area (Å²) >= 11 is 5.98. The summed E-state index contributed by atoms with van der Waals surface area (Å²) in [4.78, 5) is 0. The maximum absolute atomic E-state index is 5.99. The summed E-state index contributed by atoms with van der Waals surface area (Å²) in [6.45, 7) is 7.47. The molecule has 15 heavy (non-hydrogen) atoms. The molecule has 3 heteroatoms. The minimum atomic E-state index is -1.73. The molecule has 0 fully saturated rings. The average Bonchev–Trinajstić information content (AvgIpc) is 2.18. The predicted molar refractivity (Wildman–Crippen MR) is 69.4 cm³/mol. The van der Waals surface area contributed by atoms with Crippen LogP contribution < -0.4 is 5.19 Å². The highest BCUT2D eigenvalue weighted by atomic mass is 35.5. The van der Waals surface area contributed by atoms with E-state index in [1.165, 1.54) is 11.6 Å². The van der Waals surface area contributed by atoms with Gasteiger partial charge in [-0.1, -0.05) is 37.1 Å². The molecule has 0 bridgehead atoms. The van der Waals surface area contributed by atoms with Crippen molar-refractivity contribution in [1.29, 1.82) is 0 Å². The third-order valence-electron chi connectivity index (χ3n) is 2.48. The van der Waals surface area contributed by atoms with Gasteiger partial charge < -0.3 is 4.43 Å². The summed E-state index contributed by atoms with van der Waals surface area (Å²) in [6, 6.07) is 8.04. The van der Waals surface area contributed by atoms with Crippen LogP contribution in [-0.2, 0) is 4.43 Å². The molecule has 0 aliphatic carbocycles. The first-order chi connectivity index (χ1) is 7.06. The molecule has 0 radical (unpaired) electrons. The Morgan fingerprint density at radius 3 is 2.67 bits per heavy atom. The lowest BCUT2D eigenvalue weighted by Gasteiger charge is -2.23. The summed E-state index contributed by atoms with van der Waals surface area (Å²) in [5, 5.41) is 2.07. The first-order valence-corrected chi connectivity index (χ1v) is 8.75. The quantitative estimate of drug-likeness (QED) is 0.567. The van der Waals surface area contributed by atoms with Gasteiger partial charge in [-0.05, 0) is 36.8 Å². The van der Waals surface area contributed by atoms with E-state index in [4.69, 9.17) is 16.0 Å². The van der Waals surface area contributed by atoms with Gasteiger partial charge in [0.05, 0.1) is 0 Å². The SMILES string of the molecule is CCCCO[Si](C)(C)c1cccc(Cl)c1. The van der Waals surface area contributed by atoms with Gasteiger partial charge in [0, 0.05) is 11.6 Å². The molecule has 1 aromatic carbocycles. The Morgan fingerprint density at radius 1 is 1.33 bits per heavy atom. The molecular formula is C12H19ClOSi. The van der Waals surface area contributed by atoms with E-state index >= 15 is 0 Å². The molecule has 0 heterocycles. The van der Waals surface area contributed by atoms with Gasteiger partial charge in [-0.2, -0.15) is 0 Å². The molecule has 1 rings (SSSR count). The van der Waals surface area contributed by atoms with Crippen LogP contribution in [0.2, 0.25) is 18.1 Å². The molecule has 0 unspecified atom stereocenters. The van der Waals surface area contributed by atoms with E-state index in [9.17, 15) is 0 Å². The number of hydrogen-bond acceptors (Lipinski definition) is 1. The zero-order valence-electron chi connectivity index (χ0n) is 9.72. The summed E-state index contributed by atoms with van der Waals surface area (Å²) in [5.74, 6) is 0. The maximum atomic E-state index is 5.99. The van der Waals surface area contributed by atoms with Crippen molar-refractivity contribution in [2.45, 2.75) is 32.9 Å². The second-order valence-corrected chi connectivity index (χ2v) is 8.55. The maximum Gasteiger partial charge on any atom is 0.218 e. The van der Waals surface area contributed by atoms with Gasteiger partial charge >= 0.3 is 0 Å². The fourth-order valence-corrected chi connectivity index (χ4v) is 3.52. The van der Waals surface area contributed by atoms with E-state index in [1.807, 2.05) is 18.2 Å². The first kappa shape index (κ1) is 12.8. The van der Waals surface area contributed by atoms with Crippen molar-refractivity contribution in [3.8, 4) is 0 Å². The lowest BCUT2D eigenvalue weighted by Crippen LogP contribution is -2.44. The molecule has 84 valence electrons. The van der Waals surface area contributed by atoms with E-state index in [2.05, 4.69) is 26.1 Å². The second kappa shape index (κ2) is 5.68. The van der Waals surface area contributed by atoms with E-state index in [0.29, 0.717) is 0 Å². The van der Waals surface area contributed by atoms with Crippen molar-refractivity contribution < 1.29 is 4.43 Å². The molecule has 0 atom stereocenters. The standard InChI is InChI=1S/C12H19ClOSi/c1-4-5-9-14-15(2,3)12-8-6-7-11(13)10-12/h6-8,10H,4-5,9H2,1-3H3. The molecule has 0 aromatic heterocycles. The highest BCUT2D eigenvalue weighted by Crippen LogP contribution is 2.11. The third-order valence-corrected chi connectivity index (χ3v) is 5.34. The predicted octanol–water partition coefficient (Wildman–Crippen LogP) is 3.57. The van der Waals surface area contributed by atoms with Gasteiger partial charge in [-0.25, -0.2) is 0 Å². The van der Waals surface area contributed by atoms with Gasteiger partial charge in [-0.15, -0.1) is 0 Å². The van der Waals surface area contributed by atoms with Crippen molar-refractivity contribution in [3.05, 3.63) is 29.3 Å². The molecule has 0 aliphatic heterocycles. The number of benzene rings is 1. The molecule has 1 nitrogen and oxygen atoms in total. The lowest BCUT2D eigenvalue weighted by molar-refractivity contribution is 0.307. The van der Waals surface area contributed by atoms with Crippen LogP contribution in [0.3, 0.4) is 0 Å². The monoisotopic (exact) mass is 242 g/mol. The fraction of sp³-hybridized carbons (Fsp3) is 0.500. The normalized spacial score (nSPS) is 11.7. The van der Waals surface area contributed by atoms with Crippen molar-refractivity contribution >= 4 is 25.1 Å². The Morgan fingerprint density at radius 2 is 2.07 bits per heavy atom. The highest BCUT2D eigenvalue weighted by Gasteiger charge is 2.24. The van der Waals surface area contributed by atoms with Crippen LogP contribution in [0.25, 0.3) is 0 Å². The Labute approximate surface area is 98.5 Å². The Kier molecular flexibility index (Phi) is 4.83. The van der Waals surface area contributed by atoms with Gasteiger partial charge in [0.15, 0.2) is 0 Å². The van der Waals surface area contributed by atoms with Crippen LogP contribution in [0.15, 0.2) is 24.3 Å². The Bertz CT molecular complexity index is 312. The number of halogens is 1. The average molecular weight is 243 g/mol. The lowest BCUT2D eigenvalue weighted by atomic mass is 10.4. The van der Waals surface area contributed by atoms with Gasteiger partial charge in [0.1, 0.15) is 0 Å². The van der Waals surface area contributed by atoms with Gasteiger partial charge in [-0.3, -0.25) is 0 Å². The van der Waals surface area contributed by atoms with Crippen molar-refractivity contribution in [3.63, 3.8) is 0 Å². The highest BCUT2D eigenvalue weighted by molar-refractivity contribution is 6.84. The summed E-state index contributed by atoms with van der Waals surface area (Å²) in [6.07, 6.45) is 2.32. The molecule has 0 N–H and O–H groups in total. The molecule has 0 amide bonds. The topological polar surface area (TPSA) is 9.23 Å². The number of rotatable bonds is 5. The van der Waals surface area contributed by atoms with E-state index < -0.39 is 8.32 Å². The first-order valence-electron chi connectivity index (χ1n) is 5.46. The van der Waals surface area contributed by atoms with E-state index in [0.717, 1.165) is 18.1 Å². The van der Waals surface area contributed by atoms with Crippen LogP contribution in [-0.4, -0.2) is 14.9 Å². The molecule has 1 aromatic rings. The molecule has 0 aliphatic rings. The summed E-state index contributed by atoms with van der Waals surface area (Å²) in [7, 11) is -1.73. The van der Waals surface area contributed by atoms with Gasteiger partial charge in [0.2, 0.25) is 8.32 Å². The van der Waals surface area contributed by atoms with Crippen LogP contribution in [0, 0.1) is 0 Å². The van der Waals surface area contributed by atoms with Crippen LogP contribution >= 0.6 is 11.6 Å². The number of hydrogen-bond donors (Lipinski definition) is 0. The van der Waals surface area contributed by atoms with Crippen molar-refractivity contribution in [2.75, 3.05) is 6.61 Å². The molecule has 0 saturated heterocycles. The Balaban J connectivity index is 2.67. The van der Waals surface area contributed by atoms with E-state index in [-0.39, 0.29) is 0 Å². The van der Waals surface area contributed by atoms with Crippen molar-refractivity contribution in [2.24, 2.45) is 0 Å². The third kappa shape index (κ3) is 3.97.